The third-order valence-corrected chi connectivity index (χ3v) is 1.68. The molecule has 2 atom stereocenters. The molecule has 11 heavy (non-hydrogen) atoms. The highest BCUT2D eigenvalue weighted by molar-refractivity contribution is 5.74. The molecule has 1 aliphatic heterocycles. The maximum Gasteiger partial charge on any atom is 0.335 e. The molecule has 0 N–H and O–H groups in total. The number of hydrogen-bond donors (Lipinski definition) is 0. The van der Waals surface area contributed by atoms with E-state index in [2.05, 4.69) is 4.74 Å². The van der Waals surface area contributed by atoms with Crippen LogP contribution in [-0.4, -0.2) is 32.0 Å². The molecule has 3 nitrogen and oxygen atoms in total. The van der Waals surface area contributed by atoms with E-state index in [-0.39, 0.29) is 6.42 Å². The van der Waals surface area contributed by atoms with Crippen molar-refractivity contribution < 1.29 is 18.7 Å². The van der Waals surface area contributed by atoms with E-state index < -0.39 is 18.2 Å². The smallest absolute Gasteiger partial charge is 0.335 e. The Labute approximate surface area is 64.5 Å². The summed E-state index contributed by atoms with van der Waals surface area (Å²) in [5.74, 6) is -0.479. The maximum atomic E-state index is 12.6. The van der Waals surface area contributed by atoms with Crippen LogP contribution < -0.4 is 0 Å². The first-order valence-corrected chi connectivity index (χ1v) is 3.57. The molecular formula is C7H11FO3. The Morgan fingerprint density at radius 3 is 3.00 bits per heavy atom. The summed E-state index contributed by atoms with van der Waals surface area (Å²) < 4.78 is 22.0. The molecule has 0 saturated carbocycles. The quantitative estimate of drug-likeness (QED) is 0.532. The lowest BCUT2D eigenvalue weighted by Gasteiger charge is -2.22. The van der Waals surface area contributed by atoms with Crippen LogP contribution in [0.5, 0.6) is 0 Å². The summed E-state index contributed by atoms with van der Waals surface area (Å²) in [5, 5.41) is 0. The second-order valence-corrected chi connectivity index (χ2v) is 2.50. The van der Waals surface area contributed by atoms with Gasteiger partial charge in [0.25, 0.3) is 0 Å². The van der Waals surface area contributed by atoms with E-state index in [1.54, 1.807) is 0 Å². The van der Waals surface area contributed by atoms with Gasteiger partial charge in [-0.3, -0.25) is 0 Å². The van der Waals surface area contributed by atoms with Crippen LogP contribution >= 0.6 is 0 Å². The number of carbonyl (C=O) groups excluding carboxylic acids is 1. The Morgan fingerprint density at radius 1 is 1.73 bits per heavy atom. The minimum absolute atomic E-state index is 0.132. The van der Waals surface area contributed by atoms with E-state index in [4.69, 9.17) is 4.74 Å². The zero-order chi connectivity index (χ0) is 8.27. The molecule has 64 valence electrons. The van der Waals surface area contributed by atoms with Crippen molar-refractivity contribution in [3.63, 3.8) is 0 Å². The van der Waals surface area contributed by atoms with Crippen LogP contribution in [0.3, 0.4) is 0 Å². The zero-order valence-corrected chi connectivity index (χ0v) is 6.38. The first kappa shape index (κ1) is 8.46. The predicted molar refractivity (Wildman–Crippen MR) is 35.9 cm³/mol. The van der Waals surface area contributed by atoms with Crippen molar-refractivity contribution in [3.05, 3.63) is 0 Å². The SMILES string of the molecule is COC(=O)[C@@H]1C[C@H](F)CCO1. The van der Waals surface area contributed by atoms with Gasteiger partial charge in [-0.25, -0.2) is 9.18 Å². The van der Waals surface area contributed by atoms with Crippen LogP contribution in [0, 0.1) is 0 Å². The van der Waals surface area contributed by atoms with Gasteiger partial charge in [0.1, 0.15) is 6.17 Å². The third kappa shape index (κ3) is 2.15. The van der Waals surface area contributed by atoms with Gasteiger partial charge in [-0.2, -0.15) is 0 Å². The van der Waals surface area contributed by atoms with Crippen molar-refractivity contribution in [1.82, 2.24) is 0 Å². The van der Waals surface area contributed by atoms with Gasteiger partial charge in [0.15, 0.2) is 6.10 Å². The molecule has 0 bridgehead atoms. The molecule has 1 aliphatic rings. The van der Waals surface area contributed by atoms with E-state index in [1.807, 2.05) is 0 Å². The Morgan fingerprint density at radius 2 is 2.45 bits per heavy atom. The van der Waals surface area contributed by atoms with Crippen LogP contribution in [-0.2, 0) is 14.3 Å². The van der Waals surface area contributed by atoms with E-state index in [0.717, 1.165) is 0 Å². The van der Waals surface area contributed by atoms with Crippen LogP contribution in [0.15, 0.2) is 0 Å². The molecule has 0 aliphatic carbocycles. The van der Waals surface area contributed by atoms with E-state index in [1.165, 1.54) is 7.11 Å². The van der Waals surface area contributed by atoms with E-state index >= 15 is 0 Å². The average Bonchev–Trinajstić information content (AvgIpc) is 2.03. The van der Waals surface area contributed by atoms with E-state index in [9.17, 15) is 9.18 Å². The highest BCUT2D eigenvalue weighted by Gasteiger charge is 2.28. The summed E-state index contributed by atoms with van der Waals surface area (Å²) in [6.07, 6.45) is -1.10. The fourth-order valence-corrected chi connectivity index (χ4v) is 1.05. The lowest BCUT2D eigenvalue weighted by Crippen LogP contribution is -2.33. The summed E-state index contributed by atoms with van der Waals surface area (Å²) >= 11 is 0. The van der Waals surface area contributed by atoms with Gasteiger partial charge in [-0.1, -0.05) is 0 Å². The van der Waals surface area contributed by atoms with Crippen molar-refractivity contribution in [3.8, 4) is 0 Å². The molecule has 0 aromatic heterocycles. The molecular weight excluding hydrogens is 151 g/mol. The van der Waals surface area contributed by atoms with Gasteiger partial charge in [0, 0.05) is 12.8 Å². The van der Waals surface area contributed by atoms with Crippen molar-refractivity contribution in [2.24, 2.45) is 0 Å². The number of hydrogen-bond acceptors (Lipinski definition) is 3. The molecule has 0 aromatic carbocycles. The minimum atomic E-state index is -0.923. The Balaban J connectivity index is 2.39. The second-order valence-electron chi connectivity index (χ2n) is 2.50. The van der Waals surface area contributed by atoms with Gasteiger partial charge in [-0.05, 0) is 0 Å². The lowest BCUT2D eigenvalue weighted by atomic mass is 10.1. The predicted octanol–water partition coefficient (Wildman–Crippen LogP) is 0.676. The number of carbonyl (C=O) groups is 1. The molecule has 1 rings (SSSR count). The van der Waals surface area contributed by atoms with Crippen LogP contribution in [0.4, 0.5) is 4.39 Å². The molecule has 0 radical (unpaired) electrons. The van der Waals surface area contributed by atoms with Crippen LogP contribution in [0.25, 0.3) is 0 Å². The largest absolute Gasteiger partial charge is 0.467 e. The first-order chi connectivity index (χ1) is 5.24. The van der Waals surface area contributed by atoms with Crippen LogP contribution in [0.2, 0.25) is 0 Å². The number of esters is 1. The number of halogens is 1. The summed E-state index contributed by atoms with van der Waals surface area (Å²) in [6.45, 7) is 0.306. The average molecular weight is 162 g/mol. The van der Waals surface area contributed by atoms with Crippen molar-refractivity contribution in [2.45, 2.75) is 25.1 Å². The summed E-state index contributed by atoms with van der Waals surface area (Å²) in [5.41, 5.74) is 0. The van der Waals surface area contributed by atoms with Gasteiger partial charge in [0.05, 0.1) is 13.7 Å². The molecule has 4 heteroatoms. The fourth-order valence-electron chi connectivity index (χ4n) is 1.05. The standard InChI is InChI=1S/C7H11FO3/c1-10-7(9)6-4-5(8)2-3-11-6/h5-6H,2-4H2,1H3/t5-,6+/m1/s1. The molecule has 1 heterocycles. The van der Waals surface area contributed by atoms with Crippen molar-refractivity contribution >= 4 is 5.97 Å². The van der Waals surface area contributed by atoms with Gasteiger partial charge in [0.2, 0.25) is 0 Å². The summed E-state index contributed by atoms with van der Waals surface area (Å²) in [4.78, 5) is 10.8. The lowest BCUT2D eigenvalue weighted by molar-refractivity contribution is -0.159. The molecule has 1 saturated heterocycles. The Bertz CT molecular complexity index is 149. The topological polar surface area (TPSA) is 35.5 Å². The number of alkyl halides is 1. The summed E-state index contributed by atoms with van der Waals surface area (Å²) in [6, 6.07) is 0. The monoisotopic (exact) mass is 162 g/mol. The van der Waals surface area contributed by atoms with Gasteiger partial charge < -0.3 is 9.47 Å². The maximum absolute atomic E-state index is 12.6. The molecule has 0 spiro atoms. The fraction of sp³-hybridized carbons (Fsp3) is 0.857. The van der Waals surface area contributed by atoms with Crippen molar-refractivity contribution in [2.75, 3.05) is 13.7 Å². The molecule has 0 amide bonds. The van der Waals surface area contributed by atoms with E-state index in [0.29, 0.717) is 13.0 Å². The Kier molecular flexibility index (Phi) is 2.82. The highest BCUT2D eigenvalue weighted by atomic mass is 19.1. The second kappa shape index (κ2) is 3.67. The molecule has 1 fully saturated rings. The normalized spacial score (nSPS) is 31.5. The molecule has 0 unspecified atom stereocenters. The highest BCUT2D eigenvalue weighted by Crippen LogP contribution is 2.17. The first-order valence-electron chi connectivity index (χ1n) is 3.57. The summed E-state index contributed by atoms with van der Waals surface area (Å²) in [7, 11) is 1.27. The number of ether oxygens (including phenoxy) is 2. The number of methoxy groups -OCH3 is 1. The third-order valence-electron chi connectivity index (χ3n) is 1.68. The van der Waals surface area contributed by atoms with Gasteiger partial charge >= 0.3 is 5.97 Å². The Hall–Kier alpha value is -0.640. The van der Waals surface area contributed by atoms with Gasteiger partial charge in [-0.15, -0.1) is 0 Å². The van der Waals surface area contributed by atoms with Crippen molar-refractivity contribution in [1.29, 1.82) is 0 Å². The van der Waals surface area contributed by atoms with Crippen LogP contribution in [0.1, 0.15) is 12.8 Å². The molecule has 0 aromatic rings. The number of rotatable bonds is 1. The zero-order valence-electron chi connectivity index (χ0n) is 6.38. The minimum Gasteiger partial charge on any atom is -0.467 e.